The molecule has 122 valence electrons. The number of aromatic nitrogens is 2. The maximum absolute atomic E-state index is 12.6. The van der Waals surface area contributed by atoms with E-state index in [9.17, 15) is 4.79 Å². The molecular formula is C19H19N3O2. The fourth-order valence-corrected chi connectivity index (χ4v) is 2.51. The zero-order valence-electron chi connectivity index (χ0n) is 13.7. The molecule has 24 heavy (non-hydrogen) atoms. The molecule has 0 aliphatic rings. The van der Waals surface area contributed by atoms with Gasteiger partial charge in [-0.15, -0.1) is 0 Å². The molecule has 1 heterocycles. The molecule has 5 heteroatoms. The molecule has 0 radical (unpaired) electrons. The molecule has 0 fully saturated rings. The Hall–Kier alpha value is -3.08. The summed E-state index contributed by atoms with van der Waals surface area (Å²) in [5.74, 6) is 0.146. The average molecular weight is 321 g/mol. The monoisotopic (exact) mass is 321 g/mol. The van der Waals surface area contributed by atoms with E-state index in [0.29, 0.717) is 5.75 Å². The van der Waals surface area contributed by atoms with Gasteiger partial charge in [-0.1, -0.05) is 43.3 Å². The Balaban J connectivity index is 1.91. The lowest BCUT2D eigenvalue weighted by molar-refractivity contribution is 0.101. The van der Waals surface area contributed by atoms with Crippen molar-refractivity contribution in [1.82, 2.24) is 9.78 Å². The summed E-state index contributed by atoms with van der Waals surface area (Å²) in [7, 11) is 1.53. The Kier molecular flexibility index (Phi) is 4.61. The Morgan fingerprint density at radius 3 is 2.54 bits per heavy atom. The van der Waals surface area contributed by atoms with E-state index in [2.05, 4.69) is 17.3 Å². The van der Waals surface area contributed by atoms with Gasteiger partial charge in [-0.2, -0.15) is 5.10 Å². The Bertz CT molecular complexity index is 841. The van der Waals surface area contributed by atoms with Gasteiger partial charge in [-0.05, 0) is 30.2 Å². The summed E-state index contributed by atoms with van der Waals surface area (Å²) in [6.45, 7) is 2.05. The van der Waals surface area contributed by atoms with Gasteiger partial charge in [0.1, 0.15) is 0 Å². The molecule has 1 amide bonds. The number of hydrogen-bond donors (Lipinski definition) is 1. The third-order valence-electron chi connectivity index (χ3n) is 3.78. The molecule has 5 nitrogen and oxygen atoms in total. The smallest absolute Gasteiger partial charge is 0.280 e. The normalized spacial score (nSPS) is 10.4. The quantitative estimate of drug-likeness (QED) is 0.779. The highest BCUT2D eigenvalue weighted by atomic mass is 16.5. The molecule has 0 bridgehead atoms. The first kappa shape index (κ1) is 15.8. The lowest BCUT2D eigenvalue weighted by atomic mass is 10.1. The number of amides is 1. The second-order valence-electron chi connectivity index (χ2n) is 5.29. The number of carbonyl (C=O) groups excluding carboxylic acids is 1. The highest BCUT2D eigenvalue weighted by Gasteiger charge is 2.19. The Labute approximate surface area is 140 Å². The molecule has 3 aromatic rings. The van der Waals surface area contributed by atoms with Gasteiger partial charge in [0.05, 0.1) is 19.0 Å². The first-order chi connectivity index (χ1) is 11.7. The molecule has 0 atom stereocenters. The van der Waals surface area contributed by atoms with Crippen LogP contribution >= 0.6 is 0 Å². The van der Waals surface area contributed by atoms with Crippen LogP contribution in [0.1, 0.15) is 23.0 Å². The van der Waals surface area contributed by atoms with Crippen molar-refractivity contribution < 1.29 is 9.53 Å². The predicted molar refractivity (Wildman–Crippen MR) is 93.9 cm³/mol. The first-order valence-electron chi connectivity index (χ1n) is 7.81. The van der Waals surface area contributed by atoms with Crippen LogP contribution in [0.25, 0.3) is 5.69 Å². The summed E-state index contributed by atoms with van der Waals surface area (Å²) in [4.78, 5) is 12.6. The second kappa shape index (κ2) is 7.00. The van der Waals surface area contributed by atoms with Gasteiger partial charge in [0.25, 0.3) is 5.91 Å². The molecule has 0 spiro atoms. The van der Waals surface area contributed by atoms with E-state index in [1.807, 2.05) is 54.6 Å². The summed E-state index contributed by atoms with van der Waals surface area (Å²) in [5, 5.41) is 7.30. The number of nitrogens with zero attached hydrogens (tertiary/aromatic N) is 2. The van der Waals surface area contributed by atoms with Crippen LogP contribution < -0.4 is 10.1 Å². The lowest BCUT2D eigenvalue weighted by Gasteiger charge is -2.09. The predicted octanol–water partition coefficient (Wildman–Crippen LogP) is 3.70. The number of ether oxygens (including phenoxy) is 1. The van der Waals surface area contributed by atoms with Crippen LogP contribution in [0.4, 0.5) is 5.69 Å². The molecule has 0 aliphatic carbocycles. The van der Waals surface area contributed by atoms with Crippen LogP contribution in [0.15, 0.2) is 60.8 Å². The average Bonchev–Trinajstić information content (AvgIpc) is 3.07. The van der Waals surface area contributed by atoms with Gasteiger partial charge in [-0.3, -0.25) is 4.79 Å². The highest BCUT2D eigenvalue weighted by molar-refractivity contribution is 6.05. The van der Waals surface area contributed by atoms with Crippen LogP contribution in [-0.2, 0) is 6.42 Å². The van der Waals surface area contributed by atoms with Crippen molar-refractivity contribution in [1.29, 1.82) is 0 Å². The number of benzene rings is 2. The fourth-order valence-electron chi connectivity index (χ4n) is 2.51. The fraction of sp³-hybridized carbons (Fsp3) is 0.158. The third kappa shape index (κ3) is 3.15. The van der Waals surface area contributed by atoms with Gasteiger partial charge in [0, 0.05) is 5.69 Å². The van der Waals surface area contributed by atoms with Crippen LogP contribution in [0.2, 0.25) is 0 Å². The summed E-state index contributed by atoms with van der Waals surface area (Å²) in [6, 6.07) is 17.3. The van der Waals surface area contributed by atoms with Crippen LogP contribution in [-0.4, -0.2) is 22.8 Å². The van der Waals surface area contributed by atoms with Crippen LogP contribution in [0.3, 0.4) is 0 Å². The van der Waals surface area contributed by atoms with Crippen molar-refractivity contribution in [2.75, 3.05) is 12.4 Å². The number of para-hydroxylation sites is 2. The van der Waals surface area contributed by atoms with Crippen molar-refractivity contribution in [3.05, 3.63) is 72.1 Å². The Morgan fingerprint density at radius 1 is 1.12 bits per heavy atom. The van der Waals surface area contributed by atoms with Crippen molar-refractivity contribution in [3.63, 3.8) is 0 Å². The Morgan fingerprint density at radius 2 is 1.83 bits per heavy atom. The largest absolute Gasteiger partial charge is 0.493 e. The van der Waals surface area contributed by atoms with E-state index < -0.39 is 0 Å². The van der Waals surface area contributed by atoms with Gasteiger partial charge >= 0.3 is 0 Å². The lowest BCUT2D eigenvalue weighted by Crippen LogP contribution is -2.15. The number of anilines is 1. The summed E-state index contributed by atoms with van der Waals surface area (Å²) in [6.07, 6.45) is 2.54. The first-order valence-corrected chi connectivity index (χ1v) is 7.81. The zero-order chi connectivity index (χ0) is 16.9. The van der Waals surface area contributed by atoms with Crippen LogP contribution in [0, 0.1) is 0 Å². The number of methoxy groups -OCH3 is 1. The van der Waals surface area contributed by atoms with Crippen molar-refractivity contribution in [2.45, 2.75) is 13.3 Å². The van der Waals surface area contributed by atoms with E-state index in [4.69, 9.17) is 4.74 Å². The van der Waals surface area contributed by atoms with E-state index in [1.165, 1.54) is 7.11 Å². The minimum absolute atomic E-state index is 0.257. The number of carbonyl (C=O) groups is 1. The maximum atomic E-state index is 12.6. The third-order valence-corrected chi connectivity index (χ3v) is 3.78. The summed E-state index contributed by atoms with van der Waals surface area (Å²) < 4.78 is 6.96. The van der Waals surface area contributed by atoms with E-state index in [-0.39, 0.29) is 11.6 Å². The van der Waals surface area contributed by atoms with Crippen molar-refractivity contribution >= 4 is 11.6 Å². The molecule has 1 aromatic heterocycles. The van der Waals surface area contributed by atoms with Gasteiger partial charge in [0.2, 0.25) is 0 Å². The number of nitrogens with one attached hydrogen (secondary N) is 1. The van der Waals surface area contributed by atoms with Crippen molar-refractivity contribution in [2.24, 2.45) is 0 Å². The molecular weight excluding hydrogens is 302 g/mol. The minimum atomic E-state index is -0.289. The number of rotatable bonds is 5. The highest BCUT2D eigenvalue weighted by Crippen LogP contribution is 2.22. The van der Waals surface area contributed by atoms with Crippen molar-refractivity contribution in [3.8, 4) is 11.4 Å². The SMILES string of the molecule is CCc1ccccc1NC(=O)c1nn(-c2ccccc2)cc1OC. The summed E-state index contributed by atoms with van der Waals surface area (Å²) in [5.41, 5.74) is 2.99. The minimum Gasteiger partial charge on any atom is -0.493 e. The molecule has 0 unspecified atom stereocenters. The molecule has 0 aliphatic heterocycles. The van der Waals surface area contributed by atoms with E-state index in [0.717, 1.165) is 23.4 Å². The van der Waals surface area contributed by atoms with E-state index >= 15 is 0 Å². The topological polar surface area (TPSA) is 56.2 Å². The summed E-state index contributed by atoms with van der Waals surface area (Å²) >= 11 is 0. The molecule has 2 aromatic carbocycles. The molecule has 0 saturated heterocycles. The standard InChI is InChI=1S/C19H19N3O2/c1-3-14-9-7-8-12-16(14)20-19(23)18-17(24-2)13-22(21-18)15-10-5-4-6-11-15/h4-13H,3H2,1-2H3,(H,20,23). The second-order valence-corrected chi connectivity index (χ2v) is 5.29. The molecule has 1 N–H and O–H groups in total. The van der Waals surface area contributed by atoms with Crippen LogP contribution in [0.5, 0.6) is 5.75 Å². The number of aryl methyl sites for hydroxylation is 1. The van der Waals surface area contributed by atoms with Gasteiger partial charge in [-0.25, -0.2) is 4.68 Å². The maximum Gasteiger partial charge on any atom is 0.280 e. The zero-order valence-corrected chi connectivity index (χ0v) is 13.7. The van der Waals surface area contributed by atoms with E-state index in [1.54, 1.807) is 10.9 Å². The molecule has 3 rings (SSSR count). The number of hydrogen-bond acceptors (Lipinski definition) is 3. The van der Waals surface area contributed by atoms with Gasteiger partial charge < -0.3 is 10.1 Å². The molecule has 0 saturated carbocycles. The van der Waals surface area contributed by atoms with Gasteiger partial charge in [0.15, 0.2) is 11.4 Å².